The SMILES string of the molecule is C=C(C)[C@@H]1CCC(C)=C[C@H]1c1c(C)cc(CCCCC)cc1C(C)(C)C.C=C(C)[C@@H]1CCC(C)=C[C@H]1c1c(O)cc(CCCCC)cc1C(C)(C)C. The van der Waals surface area contributed by atoms with Gasteiger partial charge in [-0.25, -0.2) is 0 Å². The largest absolute Gasteiger partial charge is 0.508 e. The Balaban J connectivity index is 0.000000280. The van der Waals surface area contributed by atoms with Crippen LogP contribution in [0.25, 0.3) is 0 Å². The fourth-order valence-corrected chi connectivity index (χ4v) is 8.86. The molecule has 52 heavy (non-hydrogen) atoms. The van der Waals surface area contributed by atoms with Crippen LogP contribution in [0.3, 0.4) is 0 Å². The van der Waals surface area contributed by atoms with Gasteiger partial charge in [-0.15, -0.1) is 0 Å². The number of rotatable bonds is 12. The lowest BCUT2D eigenvalue weighted by atomic mass is 9.68. The lowest BCUT2D eigenvalue weighted by molar-refractivity contribution is 0.426. The van der Waals surface area contributed by atoms with E-state index in [0.29, 0.717) is 23.5 Å². The highest BCUT2D eigenvalue weighted by atomic mass is 16.3. The van der Waals surface area contributed by atoms with Crippen LogP contribution in [-0.4, -0.2) is 5.11 Å². The van der Waals surface area contributed by atoms with E-state index in [1.54, 1.807) is 16.7 Å². The molecule has 0 unspecified atom stereocenters. The standard InChI is InChI=1S/C26H40.C25H38O/c1-9-10-11-12-21-16-20(5)25(24(17-21)26(6,7)8)23-15-19(4)13-14-22(23)18(2)3;1-8-9-10-11-19-15-22(25(5,6)7)24(23(26)16-19)21-14-18(4)12-13-20(21)17(2)3/h15-17,22-23H,2,9-14H2,1,3-8H3;14-16,20-21,26H,2,8-13H2,1,3-7H3/t22-,23+;20-,21+/m00/s1. The second-order valence-corrected chi connectivity index (χ2v) is 18.9. The average Bonchev–Trinajstić information content (AvgIpc) is 3.03. The molecule has 0 radical (unpaired) electrons. The maximum atomic E-state index is 11.1. The van der Waals surface area contributed by atoms with Crippen LogP contribution in [0.15, 0.2) is 71.9 Å². The topological polar surface area (TPSA) is 20.2 Å². The molecule has 0 amide bonds. The monoisotopic (exact) mass is 707 g/mol. The summed E-state index contributed by atoms with van der Waals surface area (Å²) in [7, 11) is 0. The number of aromatic hydroxyl groups is 1. The first kappa shape index (κ1) is 43.6. The van der Waals surface area contributed by atoms with Crippen LogP contribution >= 0.6 is 0 Å². The maximum absolute atomic E-state index is 11.1. The number of phenols is 1. The van der Waals surface area contributed by atoms with Crippen LogP contribution in [0.5, 0.6) is 5.75 Å². The molecule has 0 aromatic heterocycles. The third-order valence-corrected chi connectivity index (χ3v) is 11.8. The van der Waals surface area contributed by atoms with Gasteiger partial charge in [0.1, 0.15) is 5.75 Å². The maximum Gasteiger partial charge on any atom is 0.119 e. The van der Waals surface area contributed by atoms with E-state index < -0.39 is 0 Å². The average molecular weight is 707 g/mol. The summed E-state index contributed by atoms with van der Waals surface area (Å²) < 4.78 is 0. The number of aryl methyl sites for hydroxylation is 3. The van der Waals surface area contributed by atoms with E-state index in [9.17, 15) is 5.11 Å². The minimum atomic E-state index is 0.00635. The molecule has 0 aliphatic heterocycles. The fraction of sp³-hybridized carbons (Fsp3) is 0.608. The summed E-state index contributed by atoms with van der Waals surface area (Å²) in [4.78, 5) is 0. The van der Waals surface area contributed by atoms with E-state index in [1.807, 2.05) is 6.07 Å². The highest BCUT2D eigenvalue weighted by molar-refractivity contribution is 5.52. The van der Waals surface area contributed by atoms with E-state index in [4.69, 9.17) is 0 Å². The first-order chi connectivity index (χ1) is 24.3. The van der Waals surface area contributed by atoms with Gasteiger partial charge in [-0.1, -0.05) is 147 Å². The van der Waals surface area contributed by atoms with Crippen molar-refractivity contribution in [2.75, 3.05) is 0 Å². The zero-order chi connectivity index (χ0) is 39.0. The molecule has 0 saturated carbocycles. The lowest BCUT2D eigenvalue weighted by Crippen LogP contribution is -2.23. The Hall–Kier alpha value is -2.80. The van der Waals surface area contributed by atoms with Gasteiger partial charge in [0.25, 0.3) is 0 Å². The predicted molar refractivity (Wildman–Crippen MR) is 231 cm³/mol. The Morgan fingerprint density at radius 1 is 0.635 bits per heavy atom. The summed E-state index contributed by atoms with van der Waals surface area (Å²) in [5.74, 6) is 2.19. The molecule has 0 fully saturated rings. The van der Waals surface area contributed by atoms with E-state index in [0.717, 1.165) is 24.8 Å². The molecule has 1 nitrogen and oxygen atoms in total. The van der Waals surface area contributed by atoms with E-state index >= 15 is 0 Å². The van der Waals surface area contributed by atoms with E-state index in [-0.39, 0.29) is 16.7 Å². The second-order valence-electron chi connectivity index (χ2n) is 18.9. The molecule has 0 spiro atoms. The van der Waals surface area contributed by atoms with Crippen LogP contribution < -0.4 is 0 Å². The van der Waals surface area contributed by atoms with Crippen molar-refractivity contribution in [3.63, 3.8) is 0 Å². The minimum absolute atomic E-state index is 0.00635. The van der Waals surface area contributed by atoms with Crippen molar-refractivity contribution in [2.24, 2.45) is 11.8 Å². The van der Waals surface area contributed by atoms with Gasteiger partial charge in [-0.3, -0.25) is 0 Å². The van der Waals surface area contributed by atoms with Crippen molar-refractivity contribution in [2.45, 2.75) is 190 Å². The number of benzene rings is 2. The molecule has 288 valence electrons. The molecule has 1 N–H and O–H groups in total. The minimum Gasteiger partial charge on any atom is -0.508 e. The molecular weight excluding hydrogens is 629 g/mol. The first-order valence-corrected chi connectivity index (χ1v) is 21.0. The Morgan fingerprint density at radius 3 is 1.44 bits per heavy atom. The Bertz CT molecular complexity index is 1460. The van der Waals surface area contributed by atoms with Gasteiger partial charge in [0, 0.05) is 17.4 Å². The van der Waals surface area contributed by atoms with Gasteiger partial charge in [0.2, 0.25) is 0 Å². The number of hydrogen-bond acceptors (Lipinski definition) is 1. The zero-order valence-corrected chi connectivity index (χ0v) is 36.1. The van der Waals surface area contributed by atoms with E-state index in [1.165, 1.54) is 96.8 Å². The summed E-state index contributed by atoms with van der Waals surface area (Å²) in [5, 5.41) is 11.1. The number of allylic oxidation sites excluding steroid dienone is 6. The van der Waals surface area contributed by atoms with Gasteiger partial charge in [-0.05, 0) is 148 Å². The number of hydrogen-bond donors (Lipinski definition) is 1. The zero-order valence-electron chi connectivity index (χ0n) is 36.1. The second kappa shape index (κ2) is 19.0. The summed E-state index contributed by atoms with van der Waals surface area (Å²) >= 11 is 0. The Labute approximate surface area is 322 Å². The number of unbranched alkanes of at least 4 members (excludes halogenated alkanes) is 4. The van der Waals surface area contributed by atoms with E-state index in [2.05, 4.69) is 134 Å². The highest BCUT2D eigenvalue weighted by Crippen LogP contribution is 2.48. The third-order valence-electron chi connectivity index (χ3n) is 11.8. The molecule has 2 aromatic rings. The molecular formula is C51H78O. The predicted octanol–water partition coefficient (Wildman–Crippen LogP) is 15.5. The highest BCUT2D eigenvalue weighted by Gasteiger charge is 2.34. The van der Waals surface area contributed by atoms with Gasteiger partial charge in [0.05, 0.1) is 0 Å². The smallest absolute Gasteiger partial charge is 0.119 e. The van der Waals surface area contributed by atoms with Gasteiger partial charge in [0.15, 0.2) is 0 Å². The molecule has 0 heterocycles. The quantitative estimate of drug-likeness (QED) is 0.172. The van der Waals surface area contributed by atoms with Crippen LogP contribution in [-0.2, 0) is 23.7 Å². The van der Waals surface area contributed by atoms with Crippen molar-refractivity contribution < 1.29 is 5.11 Å². The fourth-order valence-electron chi connectivity index (χ4n) is 8.86. The molecule has 1 heteroatoms. The third kappa shape index (κ3) is 11.6. The van der Waals surface area contributed by atoms with Crippen LogP contribution in [0.4, 0.5) is 0 Å². The van der Waals surface area contributed by atoms with Crippen molar-refractivity contribution in [1.29, 1.82) is 0 Å². The van der Waals surface area contributed by atoms with Crippen LogP contribution in [0, 0.1) is 18.8 Å². The van der Waals surface area contributed by atoms with Crippen LogP contribution in [0.1, 0.15) is 198 Å². The molecule has 2 aliphatic rings. The van der Waals surface area contributed by atoms with Crippen molar-refractivity contribution in [3.05, 3.63) is 111 Å². The van der Waals surface area contributed by atoms with Crippen molar-refractivity contribution in [3.8, 4) is 5.75 Å². The van der Waals surface area contributed by atoms with Crippen LogP contribution in [0.2, 0.25) is 0 Å². The molecule has 2 aliphatic carbocycles. The van der Waals surface area contributed by atoms with Gasteiger partial charge in [-0.2, -0.15) is 0 Å². The summed E-state index contributed by atoms with van der Waals surface area (Å²) in [6.07, 6.45) is 19.5. The summed E-state index contributed by atoms with van der Waals surface area (Å²) in [5.41, 5.74) is 15.5. The number of phenolic OH excluding ortho intramolecular Hbond substituents is 1. The molecule has 4 atom stereocenters. The summed E-state index contributed by atoms with van der Waals surface area (Å²) in [6, 6.07) is 9.37. The van der Waals surface area contributed by atoms with Crippen molar-refractivity contribution in [1.82, 2.24) is 0 Å². The Kier molecular flexibility index (Phi) is 15.9. The molecule has 2 aromatic carbocycles. The first-order valence-electron chi connectivity index (χ1n) is 21.0. The Morgan fingerprint density at radius 2 is 1.04 bits per heavy atom. The molecule has 0 bridgehead atoms. The van der Waals surface area contributed by atoms with Gasteiger partial charge >= 0.3 is 0 Å². The van der Waals surface area contributed by atoms with Gasteiger partial charge < -0.3 is 5.11 Å². The lowest BCUT2D eigenvalue weighted by Gasteiger charge is -2.36. The summed E-state index contributed by atoms with van der Waals surface area (Å²) in [6.45, 7) is 38.2. The molecule has 4 rings (SSSR count). The normalized spacial score (nSPS) is 20.8. The molecule has 0 saturated heterocycles. The van der Waals surface area contributed by atoms with Crippen molar-refractivity contribution >= 4 is 0 Å².